The number of carbonyl (C=O) groups is 1. The van der Waals surface area contributed by atoms with Crippen LogP contribution in [0.1, 0.15) is 64.2 Å². The maximum absolute atomic E-state index is 12.4. The number of rotatable bonds is 2. The summed E-state index contributed by atoms with van der Waals surface area (Å²) in [6.45, 7) is 2.05. The van der Waals surface area contributed by atoms with Crippen molar-refractivity contribution in [2.45, 2.75) is 64.2 Å². The molecule has 3 aliphatic rings. The minimum atomic E-state index is 0.467. The number of nitrogens with zero attached hydrogens (tertiary/aromatic N) is 1. The Morgan fingerprint density at radius 1 is 0.944 bits per heavy atom. The third kappa shape index (κ3) is 2.73. The Balaban J connectivity index is 1.50. The van der Waals surface area contributed by atoms with Crippen LogP contribution < -0.4 is 0 Å². The lowest BCUT2D eigenvalue weighted by Gasteiger charge is -2.28. The van der Waals surface area contributed by atoms with Crippen molar-refractivity contribution in [3.63, 3.8) is 0 Å². The van der Waals surface area contributed by atoms with E-state index in [0.717, 1.165) is 37.3 Å². The van der Waals surface area contributed by atoms with Crippen LogP contribution in [-0.4, -0.2) is 23.9 Å². The van der Waals surface area contributed by atoms with Crippen molar-refractivity contribution < 1.29 is 4.79 Å². The van der Waals surface area contributed by atoms with E-state index in [2.05, 4.69) is 4.90 Å². The molecule has 0 aromatic rings. The zero-order valence-electron chi connectivity index (χ0n) is 11.6. The normalized spacial score (nSPS) is 36.4. The number of amides is 1. The summed E-state index contributed by atoms with van der Waals surface area (Å²) in [5.74, 6) is 3.07. The van der Waals surface area contributed by atoms with Crippen molar-refractivity contribution in [1.29, 1.82) is 0 Å². The summed E-state index contributed by atoms with van der Waals surface area (Å²) in [6.07, 6.45) is 12.9. The molecule has 0 radical (unpaired) electrons. The van der Waals surface area contributed by atoms with Gasteiger partial charge in [-0.15, -0.1) is 0 Å². The zero-order valence-corrected chi connectivity index (χ0v) is 11.6. The van der Waals surface area contributed by atoms with Gasteiger partial charge in [0, 0.05) is 19.5 Å². The number of fused-ring (bicyclic) bond motifs is 2. The van der Waals surface area contributed by atoms with Crippen molar-refractivity contribution in [3.05, 3.63) is 0 Å². The Morgan fingerprint density at radius 2 is 1.67 bits per heavy atom. The second-order valence-corrected chi connectivity index (χ2v) is 6.79. The van der Waals surface area contributed by atoms with Gasteiger partial charge in [0.25, 0.3) is 0 Å². The number of carbonyl (C=O) groups excluding carboxylic acids is 1. The third-order valence-electron chi connectivity index (χ3n) is 5.53. The molecule has 3 atom stereocenters. The largest absolute Gasteiger partial charge is 0.343 e. The van der Waals surface area contributed by atoms with Gasteiger partial charge < -0.3 is 4.90 Å². The topological polar surface area (TPSA) is 20.3 Å². The van der Waals surface area contributed by atoms with E-state index in [1.165, 1.54) is 57.8 Å². The SMILES string of the molecule is O=C(CC1CC2CCC1C2)N1CCCCCCC1. The van der Waals surface area contributed by atoms with Crippen LogP contribution in [0.25, 0.3) is 0 Å². The summed E-state index contributed by atoms with van der Waals surface area (Å²) in [4.78, 5) is 14.6. The first-order valence-corrected chi connectivity index (χ1v) is 8.10. The average Bonchev–Trinajstić information content (AvgIpc) is 2.90. The summed E-state index contributed by atoms with van der Waals surface area (Å²) < 4.78 is 0. The second kappa shape index (κ2) is 5.63. The standard InChI is InChI=1S/C16H27NO/c18-16(17-8-4-2-1-3-5-9-17)12-15-11-13-6-7-14(15)10-13/h13-15H,1-12H2. The van der Waals surface area contributed by atoms with E-state index in [9.17, 15) is 4.79 Å². The first kappa shape index (κ1) is 12.5. The predicted octanol–water partition coefficient (Wildman–Crippen LogP) is 3.61. The molecule has 2 heteroatoms. The van der Waals surface area contributed by atoms with Crippen molar-refractivity contribution in [3.8, 4) is 0 Å². The van der Waals surface area contributed by atoms with E-state index >= 15 is 0 Å². The molecule has 2 nitrogen and oxygen atoms in total. The van der Waals surface area contributed by atoms with E-state index in [1.807, 2.05) is 0 Å². The highest BCUT2D eigenvalue weighted by Gasteiger charge is 2.40. The first-order chi connectivity index (χ1) is 8.83. The molecule has 18 heavy (non-hydrogen) atoms. The van der Waals surface area contributed by atoms with Crippen molar-refractivity contribution in [2.24, 2.45) is 17.8 Å². The van der Waals surface area contributed by atoms with Crippen LogP contribution in [0.2, 0.25) is 0 Å². The number of hydrogen-bond acceptors (Lipinski definition) is 1. The quantitative estimate of drug-likeness (QED) is 0.732. The molecule has 0 N–H and O–H groups in total. The molecule has 1 amide bonds. The van der Waals surface area contributed by atoms with Gasteiger partial charge in [-0.1, -0.05) is 25.7 Å². The maximum atomic E-state index is 12.4. The van der Waals surface area contributed by atoms with Crippen molar-refractivity contribution in [2.75, 3.05) is 13.1 Å². The van der Waals surface area contributed by atoms with Crippen LogP contribution in [0.15, 0.2) is 0 Å². The summed E-state index contributed by atoms with van der Waals surface area (Å²) in [5.41, 5.74) is 0. The molecule has 102 valence electrons. The fraction of sp³-hybridized carbons (Fsp3) is 0.938. The molecular weight excluding hydrogens is 222 g/mol. The minimum absolute atomic E-state index is 0.467. The molecule has 2 saturated carbocycles. The Hall–Kier alpha value is -0.530. The number of likely N-dealkylation sites (tertiary alicyclic amines) is 1. The van der Waals surface area contributed by atoms with Gasteiger partial charge in [0.2, 0.25) is 5.91 Å². The lowest BCUT2D eigenvalue weighted by Crippen LogP contribution is -2.35. The Bertz CT molecular complexity index is 293. The van der Waals surface area contributed by atoms with Gasteiger partial charge in [-0.25, -0.2) is 0 Å². The van der Waals surface area contributed by atoms with Crippen LogP contribution in [0.4, 0.5) is 0 Å². The fourth-order valence-electron chi connectivity index (χ4n) is 4.48. The van der Waals surface area contributed by atoms with Crippen molar-refractivity contribution >= 4 is 5.91 Å². The highest BCUT2D eigenvalue weighted by atomic mass is 16.2. The fourth-order valence-corrected chi connectivity index (χ4v) is 4.48. The molecule has 3 unspecified atom stereocenters. The molecular formula is C16H27NO. The summed E-state index contributed by atoms with van der Waals surface area (Å²) in [7, 11) is 0. The van der Waals surface area contributed by atoms with Gasteiger partial charge in [-0.05, 0) is 49.9 Å². The number of hydrogen-bond donors (Lipinski definition) is 0. The van der Waals surface area contributed by atoms with E-state index < -0.39 is 0 Å². The summed E-state index contributed by atoms with van der Waals surface area (Å²) in [6, 6.07) is 0. The van der Waals surface area contributed by atoms with Gasteiger partial charge in [0.05, 0.1) is 0 Å². The molecule has 3 fully saturated rings. The minimum Gasteiger partial charge on any atom is -0.343 e. The van der Waals surface area contributed by atoms with Crippen molar-refractivity contribution in [1.82, 2.24) is 4.90 Å². The molecule has 1 saturated heterocycles. The van der Waals surface area contributed by atoms with Crippen LogP contribution in [0, 0.1) is 17.8 Å². The monoisotopic (exact) mass is 249 g/mol. The molecule has 0 aromatic carbocycles. The first-order valence-electron chi connectivity index (χ1n) is 8.10. The molecule has 1 aliphatic heterocycles. The van der Waals surface area contributed by atoms with Crippen LogP contribution >= 0.6 is 0 Å². The van der Waals surface area contributed by atoms with Crippen LogP contribution in [0.3, 0.4) is 0 Å². The maximum Gasteiger partial charge on any atom is 0.222 e. The molecule has 2 bridgehead atoms. The van der Waals surface area contributed by atoms with Gasteiger partial charge in [0.15, 0.2) is 0 Å². The predicted molar refractivity (Wildman–Crippen MR) is 73.2 cm³/mol. The Labute approximate surface area is 111 Å². The molecule has 3 rings (SSSR count). The van der Waals surface area contributed by atoms with Gasteiger partial charge >= 0.3 is 0 Å². The zero-order chi connectivity index (χ0) is 12.4. The van der Waals surface area contributed by atoms with E-state index in [-0.39, 0.29) is 0 Å². The van der Waals surface area contributed by atoms with E-state index in [0.29, 0.717) is 5.91 Å². The lowest BCUT2D eigenvalue weighted by atomic mass is 9.86. The average molecular weight is 249 g/mol. The molecule has 0 spiro atoms. The Morgan fingerprint density at radius 3 is 2.28 bits per heavy atom. The van der Waals surface area contributed by atoms with Crippen LogP contribution in [0.5, 0.6) is 0 Å². The van der Waals surface area contributed by atoms with E-state index in [1.54, 1.807) is 0 Å². The van der Waals surface area contributed by atoms with Crippen LogP contribution in [-0.2, 0) is 4.79 Å². The summed E-state index contributed by atoms with van der Waals surface area (Å²) >= 11 is 0. The van der Waals surface area contributed by atoms with Gasteiger partial charge in [-0.3, -0.25) is 4.79 Å². The second-order valence-electron chi connectivity index (χ2n) is 6.79. The van der Waals surface area contributed by atoms with Gasteiger partial charge in [0.1, 0.15) is 0 Å². The highest BCUT2D eigenvalue weighted by Crippen LogP contribution is 2.49. The Kier molecular flexibility index (Phi) is 3.91. The van der Waals surface area contributed by atoms with Gasteiger partial charge in [-0.2, -0.15) is 0 Å². The summed E-state index contributed by atoms with van der Waals surface area (Å²) in [5, 5.41) is 0. The van der Waals surface area contributed by atoms with E-state index in [4.69, 9.17) is 0 Å². The third-order valence-corrected chi connectivity index (χ3v) is 5.53. The lowest BCUT2D eigenvalue weighted by molar-refractivity contribution is -0.133. The highest BCUT2D eigenvalue weighted by molar-refractivity contribution is 5.76. The molecule has 1 heterocycles. The smallest absolute Gasteiger partial charge is 0.222 e. The molecule has 2 aliphatic carbocycles. The molecule has 0 aromatic heterocycles.